The highest BCUT2D eigenvalue weighted by Gasteiger charge is 2.14. The van der Waals surface area contributed by atoms with Crippen molar-refractivity contribution in [2.24, 2.45) is 0 Å². The summed E-state index contributed by atoms with van der Waals surface area (Å²) in [6.07, 6.45) is 1.30. The van der Waals surface area contributed by atoms with Crippen molar-refractivity contribution in [2.45, 2.75) is 24.0 Å². The Morgan fingerprint density at radius 3 is 2.62 bits per heavy atom. The predicted octanol–water partition coefficient (Wildman–Crippen LogP) is 3.11. The fourth-order valence-corrected chi connectivity index (χ4v) is 3.18. The molecule has 0 aliphatic heterocycles. The molecule has 0 saturated heterocycles. The Morgan fingerprint density at radius 1 is 1.00 bits per heavy atom. The van der Waals surface area contributed by atoms with Gasteiger partial charge >= 0.3 is 0 Å². The summed E-state index contributed by atoms with van der Waals surface area (Å²) in [5.74, 6) is -1.42. The lowest BCUT2D eigenvalue weighted by Crippen LogP contribution is -1.97. The molecule has 6 nitrogen and oxygen atoms in total. The summed E-state index contributed by atoms with van der Waals surface area (Å²) in [5.41, 5.74) is 2.06. The van der Waals surface area contributed by atoms with Crippen molar-refractivity contribution in [3.05, 3.63) is 47.5 Å². The number of fused-ring (bicyclic) bond motifs is 2. The van der Waals surface area contributed by atoms with Gasteiger partial charge in [0.05, 0.1) is 5.52 Å². The van der Waals surface area contributed by atoms with Crippen molar-refractivity contribution in [1.29, 1.82) is 0 Å². The molecule has 0 spiro atoms. The van der Waals surface area contributed by atoms with E-state index in [0.717, 1.165) is 35.3 Å². The lowest BCUT2D eigenvalue weighted by Gasteiger charge is -2.03. The van der Waals surface area contributed by atoms with Crippen LogP contribution in [0.2, 0.25) is 0 Å². The minimum absolute atomic E-state index is 0.320. The number of rotatable bonds is 2. The lowest BCUT2D eigenvalue weighted by molar-refractivity contribution is 0.510. The number of hydrogen-bond donors (Lipinski definition) is 0. The summed E-state index contributed by atoms with van der Waals surface area (Å²) in [6, 6.07) is 4.02. The molecule has 4 rings (SSSR count). The van der Waals surface area contributed by atoms with Gasteiger partial charge in [-0.25, -0.2) is 28.2 Å². The van der Waals surface area contributed by atoms with Gasteiger partial charge in [0.15, 0.2) is 11.6 Å². The monoisotopic (exact) mass is 344 g/mol. The van der Waals surface area contributed by atoms with Gasteiger partial charge in [-0.2, -0.15) is 4.98 Å². The van der Waals surface area contributed by atoms with Crippen LogP contribution in [-0.2, 0) is 0 Å². The number of aryl methyl sites for hydroxylation is 2. The molecule has 120 valence electrons. The van der Waals surface area contributed by atoms with E-state index in [1.165, 1.54) is 6.33 Å². The lowest BCUT2D eigenvalue weighted by atomic mass is 10.2. The van der Waals surface area contributed by atoms with Crippen LogP contribution in [0.1, 0.15) is 11.4 Å². The van der Waals surface area contributed by atoms with Crippen LogP contribution in [0.25, 0.3) is 16.7 Å². The molecule has 3 aromatic heterocycles. The van der Waals surface area contributed by atoms with Crippen LogP contribution in [0.15, 0.2) is 34.7 Å². The van der Waals surface area contributed by atoms with Gasteiger partial charge in [0.2, 0.25) is 5.16 Å². The summed E-state index contributed by atoms with van der Waals surface area (Å²) in [6.45, 7) is 3.78. The highest BCUT2D eigenvalue weighted by molar-refractivity contribution is 7.99. The summed E-state index contributed by atoms with van der Waals surface area (Å²) in [7, 11) is 0. The van der Waals surface area contributed by atoms with Gasteiger partial charge in [-0.15, -0.1) is 5.10 Å². The number of hydrogen-bond acceptors (Lipinski definition) is 6. The second kappa shape index (κ2) is 5.45. The summed E-state index contributed by atoms with van der Waals surface area (Å²) < 4.78 is 28.5. The third-order valence-corrected chi connectivity index (χ3v) is 4.30. The molecule has 0 unspecified atom stereocenters. The zero-order valence-electron chi connectivity index (χ0n) is 12.7. The van der Waals surface area contributed by atoms with Gasteiger partial charge in [-0.1, -0.05) is 0 Å². The van der Waals surface area contributed by atoms with Crippen LogP contribution < -0.4 is 0 Å². The Labute approximate surface area is 139 Å². The number of nitrogens with zero attached hydrogens (tertiary/aromatic N) is 6. The van der Waals surface area contributed by atoms with Gasteiger partial charge in [0.25, 0.3) is 5.78 Å². The Hall–Kier alpha value is -2.68. The van der Waals surface area contributed by atoms with Gasteiger partial charge < -0.3 is 0 Å². The molecule has 0 atom stereocenters. The standard InChI is InChI=1S/C15H10F2N6S/c1-7-3-8(2)23-14(20-7)21-15(22-23)24-13-9-4-10(16)11(17)5-12(9)18-6-19-13/h3-6H,1-2H3. The second-order valence-electron chi connectivity index (χ2n) is 5.21. The Balaban J connectivity index is 1.82. The molecule has 3 heterocycles. The van der Waals surface area contributed by atoms with Gasteiger partial charge in [-0.05, 0) is 37.7 Å². The molecule has 0 radical (unpaired) electrons. The highest BCUT2D eigenvalue weighted by atomic mass is 32.2. The minimum atomic E-state index is -0.949. The van der Waals surface area contributed by atoms with Crippen molar-refractivity contribution in [1.82, 2.24) is 29.5 Å². The van der Waals surface area contributed by atoms with Gasteiger partial charge in [-0.3, -0.25) is 0 Å². The topological polar surface area (TPSA) is 68.9 Å². The van der Waals surface area contributed by atoms with E-state index in [9.17, 15) is 8.78 Å². The average Bonchev–Trinajstić information content (AvgIpc) is 2.92. The van der Waals surface area contributed by atoms with Crippen molar-refractivity contribution in [2.75, 3.05) is 0 Å². The first-order chi connectivity index (χ1) is 11.5. The van der Waals surface area contributed by atoms with E-state index in [1.807, 2.05) is 19.9 Å². The molecule has 0 amide bonds. The molecule has 0 saturated carbocycles. The summed E-state index contributed by atoms with van der Waals surface area (Å²) in [5, 5.41) is 5.64. The third kappa shape index (κ3) is 2.46. The zero-order chi connectivity index (χ0) is 16.8. The van der Waals surface area contributed by atoms with Crippen molar-refractivity contribution < 1.29 is 8.78 Å². The largest absolute Gasteiger partial charge is 0.253 e. The van der Waals surface area contributed by atoms with Crippen LogP contribution in [0.5, 0.6) is 0 Å². The van der Waals surface area contributed by atoms with Gasteiger partial charge in [0.1, 0.15) is 11.4 Å². The fourth-order valence-electron chi connectivity index (χ4n) is 2.39. The Bertz CT molecular complexity index is 1090. The predicted molar refractivity (Wildman–Crippen MR) is 83.8 cm³/mol. The zero-order valence-corrected chi connectivity index (χ0v) is 13.5. The molecule has 0 fully saturated rings. The molecular weight excluding hydrogens is 334 g/mol. The van der Waals surface area contributed by atoms with E-state index in [1.54, 1.807) is 4.52 Å². The number of benzene rings is 1. The van der Waals surface area contributed by atoms with E-state index in [2.05, 4.69) is 25.0 Å². The maximum atomic E-state index is 13.5. The molecule has 1 aromatic carbocycles. The molecule has 0 N–H and O–H groups in total. The molecule has 0 bridgehead atoms. The SMILES string of the molecule is Cc1cc(C)n2nc(Sc3ncnc4cc(F)c(F)cc34)nc2n1. The van der Waals surface area contributed by atoms with Crippen LogP contribution >= 0.6 is 11.8 Å². The maximum Gasteiger partial charge on any atom is 0.253 e. The van der Waals surface area contributed by atoms with Crippen molar-refractivity contribution in [3.8, 4) is 0 Å². The highest BCUT2D eigenvalue weighted by Crippen LogP contribution is 2.30. The van der Waals surface area contributed by atoms with Crippen molar-refractivity contribution in [3.63, 3.8) is 0 Å². The first kappa shape index (κ1) is 14.9. The minimum Gasteiger partial charge on any atom is -0.236 e. The molecule has 0 aliphatic carbocycles. The van der Waals surface area contributed by atoms with Crippen molar-refractivity contribution >= 4 is 28.4 Å². The second-order valence-corrected chi connectivity index (χ2v) is 6.17. The van der Waals surface area contributed by atoms with E-state index in [4.69, 9.17) is 0 Å². The number of aromatic nitrogens is 6. The first-order valence-electron chi connectivity index (χ1n) is 7.00. The van der Waals surface area contributed by atoms with E-state index in [0.29, 0.717) is 26.9 Å². The van der Waals surface area contributed by atoms with Crippen LogP contribution in [0.3, 0.4) is 0 Å². The molecular formula is C15H10F2N6S. The average molecular weight is 344 g/mol. The van der Waals surface area contributed by atoms with E-state index in [-0.39, 0.29) is 0 Å². The fraction of sp³-hybridized carbons (Fsp3) is 0.133. The molecule has 0 aliphatic rings. The third-order valence-electron chi connectivity index (χ3n) is 3.43. The molecule has 24 heavy (non-hydrogen) atoms. The summed E-state index contributed by atoms with van der Waals surface area (Å²) >= 11 is 1.15. The maximum absolute atomic E-state index is 13.5. The van der Waals surface area contributed by atoms with Gasteiger partial charge in [0, 0.05) is 22.8 Å². The van der Waals surface area contributed by atoms with E-state index >= 15 is 0 Å². The van der Waals surface area contributed by atoms with Crippen LogP contribution in [0, 0.1) is 25.5 Å². The summed E-state index contributed by atoms with van der Waals surface area (Å²) in [4.78, 5) is 16.8. The quantitative estimate of drug-likeness (QED) is 0.521. The first-order valence-corrected chi connectivity index (χ1v) is 7.81. The van der Waals surface area contributed by atoms with Crippen LogP contribution in [-0.4, -0.2) is 29.5 Å². The smallest absolute Gasteiger partial charge is 0.236 e. The molecule has 4 aromatic rings. The number of halogens is 2. The van der Waals surface area contributed by atoms with Crippen LogP contribution in [0.4, 0.5) is 8.78 Å². The Kier molecular flexibility index (Phi) is 3.38. The molecule has 9 heteroatoms. The normalized spacial score (nSPS) is 11.5. The Morgan fingerprint density at radius 2 is 1.79 bits per heavy atom. The van der Waals surface area contributed by atoms with E-state index < -0.39 is 11.6 Å².